The smallest absolute Gasteiger partial charge is 0.191 e. The predicted octanol–water partition coefficient (Wildman–Crippen LogP) is 0.874. The highest BCUT2D eigenvalue weighted by molar-refractivity contribution is 14.0. The Morgan fingerprint density at radius 3 is 2.59 bits per heavy atom. The number of hydrogen-bond acceptors (Lipinski definition) is 5. The zero-order valence-corrected chi connectivity index (χ0v) is 19.7. The van der Waals surface area contributed by atoms with Gasteiger partial charge >= 0.3 is 0 Å². The van der Waals surface area contributed by atoms with Crippen LogP contribution in [0.2, 0.25) is 0 Å². The molecule has 1 aliphatic rings. The summed E-state index contributed by atoms with van der Waals surface area (Å²) >= 11 is 0. The van der Waals surface area contributed by atoms with Gasteiger partial charge in [0.15, 0.2) is 5.96 Å². The van der Waals surface area contributed by atoms with E-state index in [0.29, 0.717) is 19.1 Å². The number of halogens is 1. The minimum Gasteiger partial charge on any atom is -0.357 e. The fourth-order valence-electron chi connectivity index (χ4n) is 2.96. The van der Waals surface area contributed by atoms with E-state index < -0.39 is 9.84 Å². The van der Waals surface area contributed by atoms with Crippen molar-refractivity contribution in [2.24, 2.45) is 4.99 Å². The van der Waals surface area contributed by atoms with Crippen LogP contribution in [-0.4, -0.2) is 79.8 Å². The molecule has 10 heteroatoms. The molecule has 0 unspecified atom stereocenters. The van der Waals surface area contributed by atoms with Gasteiger partial charge in [-0.15, -0.1) is 24.0 Å². The Kier molecular flexibility index (Phi) is 10.6. The number of rotatable bonds is 8. The number of piperidine rings is 1. The van der Waals surface area contributed by atoms with Crippen molar-refractivity contribution in [1.82, 2.24) is 25.3 Å². The van der Waals surface area contributed by atoms with Crippen LogP contribution in [0, 0.1) is 6.92 Å². The average Bonchev–Trinajstić information content (AvgIpc) is 2.99. The van der Waals surface area contributed by atoms with Crippen molar-refractivity contribution in [2.75, 3.05) is 44.7 Å². The molecule has 1 saturated heterocycles. The molecule has 0 aromatic carbocycles. The number of sulfone groups is 1. The van der Waals surface area contributed by atoms with Gasteiger partial charge in [-0.3, -0.25) is 9.67 Å². The Labute approximate surface area is 180 Å². The highest BCUT2D eigenvalue weighted by Gasteiger charge is 2.20. The van der Waals surface area contributed by atoms with Crippen LogP contribution in [0.25, 0.3) is 0 Å². The molecule has 156 valence electrons. The first kappa shape index (κ1) is 24.2. The van der Waals surface area contributed by atoms with E-state index in [9.17, 15) is 8.42 Å². The highest BCUT2D eigenvalue weighted by atomic mass is 127. The van der Waals surface area contributed by atoms with Crippen LogP contribution < -0.4 is 10.6 Å². The maximum Gasteiger partial charge on any atom is 0.191 e. The van der Waals surface area contributed by atoms with Gasteiger partial charge < -0.3 is 15.5 Å². The molecule has 27 heavy (non-hydrogen) atoms. The van der Waals surface area contributed by atoms with Crippen LogP contribution >= 0.6 is 24.0 Å². The van der Waals surface area contributed by atoms with Crippen LogP contribution in [0.15, 0.2) is 17.4 Å². The number of hydrogen-bond donors (Lipinski definition) is 2. The molecule has 0 atom stereocenters. The van der Waals surface area contributed by atoms with Gasteiger partial charge in [-0.25, -0.2) is 8.42 Å². The standard InChI is InChI=1S/C17H32N6O2S.HI/c1-4-18-17(19-7-10-23-14-15(2)13-20-23)21-16-5-8-22(9-6-16)11-12-26(3,24)25;/h13-14,16H,4-12H2,1-3H3,(H2,18,19,21);1H. The molecule has 0 saturated carbocycles. The minimum atomic E-state index is -2.89. The Balaban J connectivity index is 0.00000364. The molecule has 1 fully saturated rings. The number of aliphatic imine (C=N–C) groups is 1. The minimum absolute atomic E-state index is 0. The monoisotopic (exact) mass is 512 g/mol. The number of likely N-dealkylation sites (tertiary alicyclic amines) is 1. The summed E-state index contributed by atoms with van der Waals surface area (Å²) in [4.78, 5) is 6.87. The molecule has 2 N–H and O–H groups in total. The second-order valence-electron chi connectivity index (χ2n) is 6.93. The summed E-state index contributed by atoms with van der Waals surface area (Å²) in [5.74, 6) is 1.08. The zero-order valence-electron chi connectivity index (χ0n) is 16.5. The molecule has 0 bridgehead atoms. The van der Waals surface area contributed by atoms with E-state index in [1.54, 1.807) is 0 Å². The van der Waals surface area contributed by atoms with Gasteiger partial charge in [-0.1, -0.05) is 0 Å². The number of aryl methyl sites for hydroxylation is 1. The molecule has 1 aliphatic heterocycles. The number of nitrogens with one attached hydrogen (secondary N) is 2. The van der Waals surface area contributed by atoms with E-state index in [1.807, 2.05) is 24.0 Å². The third-order valence-electron chi connectivity index (χ3n) is 4.41. The van der Waals surface area contributed by atoms with Crippen LogP contribution in [0.3, 0.4) is 0 Å². The summed E-state index contributed by atoms with van der Waals surface area (Å²) in [6.07, 6.45) is 7.15. The van der Waals surface area contributed by atoms with Crippen molar-refractivity contribution in [2.45, 2.75) is 39.3 Å². The number of aromatic nitrogens is 2. The maximum absolute atomic E-state index is 11.3. The number of guanidine groups is 1. The van der Waals surface area contributed by atoms with Gasteiger partial charge in [0.25, 0.3) is 0 Å². The molecule has 1 aromatic rings. The van der Waals surface area contributed by atoms with Crippen LogP contribution in [0.4, 0.5) is 0 Å². The Bertz CT molecular complexity index is 683. The molecular weight excluding hydrogens is 479 g/mol. The van der Waals surface area contributed by atoms with Gasteiger partial charge in [0, 0.05) is 44.7 Å². The summed E-state index contributed by atoms with van der Waals surface area (Å²) in [6.45, 7) is 8.79. The van der Waals surface area contributed by atoms with E-state index in [4.69, 9.17) is 0 Å². The van der Waals surface area contributed by atoms with Crippen molar-refractivity contribution in [1.29, 1.82) is 0 Å². The number of nitrogens with zero attached hydrogens (tertiary/aromatic N) is 4. The van der Waals surface area contributed by atoms with E-state index in [1.165, 1.54) is 6.26 Å². The van der Waals surface area contributed by atoms with Crippen molar-refractivity contribution >= 4 is 39.8 Å². The normalized spacial score (nSPS) is 16.8. The van der Waals surface area contributed by atoms with Crippen LogP contribution in [-0.2, 0) is 16.4 Å². The van der Waals surface area contributed by atoms with Gasteiger partial charge in [-0.05, 0) is 32.3 Å². The van der Waals surface area contributed by atoms with Gasteiger partial charge in [0.2, 0.25) is 0 Å². The average molecular weight is 512 g/mol. The summed E-state index contributed by atoms with van der Waals surface area (Å²) in [5, 5.41) is 11.1. The Morgan fingerprint density at radius 1 is 1.33 bits per heavy atom. The molecule has 2 heterocycles. The summed E-state index contributed by atoms with van der Waals surface area (Å²) in [5.41, 5.74) is 1.15. The van der Waals surface area contributed by atoms with E-state index in [2.05, 4.69) is 32.5 Å². The van der Waals surface area contributed by atoms with E-state index in [0.717, 1.165) is 50.5 Å². The summed E-state index contributed by atoms with van der Waals surface area (Å²) < 4.78 is 24.5. The van der Waals surface area contributed by atoms with Crippen LogP contribution in [0.5, 0.6) is 0 Å². The van der Waals surface area contributed by atoms with Crippen molar-refractivity contribution in [3.63, 3.8) is 0 Å². The second-order valence-corrected chi connectivity index (χ2v) is 9.19. The lowest BCUT2D eigenvalue weighted by Crippen LogP contribution is -2.49. The fraction of sp³-hybridized carbons (Fsp3) is 0.765. The van der Waals surface area contributed by atoms with Crippen LogP contribution in [0.1, 0.15) is 25.3 Å². The first-order chi connectivity index (χ1) is 12.4. The van der Waals surface area contributed by atoms with Gasteiger partial charge in [0.1, 0.15) is 9.84 Å². The molecule has 8 nitrogen and oxygen atoms in total. The Hall–Kier alpha value is -0.880. The first-order valence-electron chi connectivity index (χ1n) is 9.29. The molecule has 0 radical (unpaired) electrons. The summed E-state index contributed by atoms with van der Waals surface area (Å²) in [6, 6.07) is 0.370. The third-order valence-corrected chi connectivity index (χ3v) is 5.34. The zero-order chi connectivity index (χ0) is 19.0. The SMILES string of the molecule is CCNC(=NCCn1cc(C)cn1)NC1CCN(CCS(C)(=O)=O)CC1.I. The largest absolute Gasteiger partial charge is 0.357 e. The maximum atomic E-state index is 11.3. The molecule has 0 spiro atoms. The first-order valence-corrected chi connectivity index (χ1v) is 11.4. The van der Waals surface area contributed by atoms with Crippen molar-refractivity contribution in [3.8, 4) is 0 Å². The quantitative estimate of drug-likeness (QED) is 0.305. The van der Waals surface area contributed by atoms with Gasteiger partial charge in [0.05, 0.1) is 25.0 Å². The predicted molar refractivity (Wildman–Crippen MR) is 121 cm³/mol. The van der Waals surface area contributed by atoms with Crippen molar-refractivity contribution < 1.29 is 8.42 Å². The lowest BCUT2D eigenvalue weighted by molar-refractivity contribution is 0.216. The summed E-state index contributed by atoms with van der Waals surface area (Å²) in [7, 11) is -2.89. The molecule has 0 aliphatic carbocycles. The lowest BCUT2D eigenvalue weighted by Gasteiger charge is -2.32. The van der Waals surface area contributed by atoms with E-state index in [-0.39, 0.29) is 29.7 Å². The lowest BCUT2D eigenvalue weighted by atomic mass is 10.1. The topological polar surface area (TPSA) is 91.6 Å². The fourth-order valence-corrected chi connectivity index (χ4v) is 3.55. The molecule has 1 aromatic heterocycles. The third kappa shape index (κ3) is 9.74. The second kappa shape index (κ2) is 11.8. The molecular formula is C17H33IN6O2S. The highest BCUT2D eigenvalue weighted by Crippen LogP contribution is 2.10. The molecule has 2 rings (SSSR count). The van der Waals surface area contributed by atoms with Crippen molar-refractivity contribution in [3.05, 3.63) is 18.0 Å². The molecule has 0 amide bonds. The Morgan fingerprint density at radius 2 is 2.04 bits per heavy atom. The van der Waals surface area contributed by atoms with E-state index >= 15 is 0 Å². The van der Waals surface area contributed by atoms with Gasteiger partial charge in [-0.2, -0.15) is 5.10 Å².